The number of hydrogen-bond donors (Lipinski definition) is 1. The second-order valence-corrected chi connectivity index (χ2v) is 10.2. The van der Waals surface area contributed by atoms with Gasteiger partial charge in [0.2, 0.25) is 10.0 Å². The highest BCUT2D eigenvalue weighted by Crippen LogP contribution is 2.14. The lowest BCUT2D eigenvalue weighted by Gasteiger charge is -2.20. The topological polar surface area (TPSA) is 80.5 Å². The number of hydrogen-bond acceptors (Lipinski definition) is 3. The SMILES string of the molecule is Cc1ccc(Cn2ccccc2=NC(=O)c2ccc(S(=O)(=O)NC(C)(C)C)cc2)cc1. The van der Waals surface area contributed by atoms with Gasteiger partial charge in [0.15, 0.2) is 0 Å². The van der Waals surface area contributed by atoms with Gasteiger partial charge in [-0.05, 0) is 69.7 Å². The van der Waals surface area contributed by atoms with Crippen molar-refractivity contribution >= 4 is 15.9 Å². The molecule has 3 rings (SSSR count). The number of nitrogens with one attached hydrogen (secondary N) is 1. The maximum atomic E-state index is 12.7. The number of carbonyl (C=O) groups excluding carboxylic acids is 1. The fourth-order valence-electron chi connectivity index (χ4n) is 3.00. The molecule has 0 atom stereocenters. The molecule has 0 spiro atoms. The van der Waals surface area contributed by atoms with E-state index < -0.39 is 21.5 Å². The lowest BCUT2D eigenvalue weighted by molar-refractivity contribution is 0.0997. The first-order chi connectivity index (χ1) is 14.5. The second-order valence-electron chi connectivity index (χ2n) is 8.47. The quantitative estimate of drug-likeness (QED) is 0.661. The Bertz CT molecular complexity index is 1230. The molecule has 1 N–H and O–H groups in total. The first-order valence-corrected chi connectivity index (χ1v) is 11.5. The fourth-order valence-corrected chi connectivity index (χ4v) is 4.42. The van der Waals surface area contributed by atoms with Crippen molar-refractivity contribution in [3.05, 3.63) is 95.1 Å². The first-order valence-electron chi connectivity index (χ1n) is 9.98. The Morgan fingerprint density at radius 1 is 0.968 bits per heavy atom. The van der Waals surface area contributed by atoms with Crippen molar-refractivity contribution in [1.29, 1.82) is 0 Å². The molecule has 31 heavy (non-hydrogen) atoms. The molecule has 0 saturated carbocycles. The van der Waals surface area contributed by atoms with Gasteiger partial charge in [-0.1, -0.05) is 35.9 Å². The molecule has 0 fully saturated rings. The minimum Gasteiger partial charge on any atom is -0.328 e. The van der Waals surface area contributed by atoms with Gasteiger partial charge in [-0.25, -0.2) is 13.1 Å². The Morgan fingerprint density at radius 2 is 1.61 bits per heavy atom. The Labute approximate surface area is 183 Å². The smallest absolute Gasteiger partial charge is 0.278 e. The molecular formula is C24H27N3O3S. The Morgan fingerprint density at radius 3 is 2.23 bits per heavy atom. The van der Waals surface area contributed by atoms with Crippen LogP contribution >= 0.6 is 0 Å². The third-order valence-electron chi connectivity index (χ3n) is 4.46. The van der Waals surface area contributed by atoms with Gasteiger partial charge in [0, 0.05) is 23.8 Å². The zero-order valence-electron chi connectivity index (χ0n) is 18.2. The zero-order valence-corrected chi connectivity index (χ0v) is 19.0. The highest BCUT2D eigenvalue weighted by Gasteiger charge is 2.22. The maximum absolute atomic E-state index is 12.7. The molecule has 3 aromatic rings. The summed E-state index contributed by atoms with van der Waals surface area (Å²) in [5.41, 5.74) is 2.54. The number of carbonyl (C=O) groups is 1. The lowest BCUT2D eigenvalue weighted by atomic mass is 10.1. The van der Waals surface area contributed by atoms with E-state index in [9.17, 15) is 13.2 Å². The summed E-state index contributed by atoms with van der Waals surface area (Å²) in [7, 11) is -3.66. The van der Waals surface area contributed by atoms with Crippen molar-refractivity contribution in [2.45, 2.75) is 44.7 Å². The molecular weight excluding hydrogens is 410 g/mol. The van der Waals surface area contributed by atoms with Crippen LogP contribution in [-0.4, -0.2) is 24.4 Å². The number of aryl methyl sites for hydroxylation is 1. The Kier molecular flexibility index (Phi) is 6.57. The van der Waals surface area contributed by atoms with Gasteiger partial charge in [0.25, 0.3) is 5.91 Å². The van der Waals surface area contributed by atoms with Crippen LogP contribution in [0.4, 0.5) is 0 Å². The van der Waals surface area contributed by atoms with Crippen molar-refractivity contribution < 1.29 is 13.2 Å². The number of aromatic nitrogens is 1. The summed E-state index contributed by atoms with van der Waals surface area (Å²) in [6, 6.07) is 19.5. The van der Waals surface area contributed by atoms with E-state index in [1.807, 2.05) is 54.1 Å². The van der Waals surface area contributed by atoms with E-state index in [0.717, 1.165) is 5.56 Å². The molecule has 0 unspecified atom stereocenters. The van der Waals surface area contributed by atoms with E-state index in [0.29, 0.717) is 17.6 Å². The molecule has 0 bridgehead atoms. The molecule has 0 aliphatic carbocycles. The normalized spacial score (nSPS) is 12.7. The molecule has 0 aliphatic heterocycles. The molecule has 2 aromatic carbocycles. The minimum absolute atomic E-state index is 0.105. The molecule has 0 saturated heterocycles. The Hall–Kier alpha value is -3.03. The molecule has 0 aliphatic rings. The predicted octanol–water partition coefficient (Wildman–Crippen LogP) is 3.66. The van der Waals surface area contributed by atoms with Crippen LogP contribution < -0.4 is 10.2 Å². The highest BCUT2D eigenvalue weighted by atomic mass is 32.2. The summed E-state index contributed by atoms with van der Waals surface area (Å²) in [5, 5.41) is 0. The predicted molar refractivity (Wildman–Crippen MR) is 121 cm³/mol. The van der Waals surface area contributed by atoms with Crippen molar-refractivity contribution in [3.63, 3.8) is 0 Å². The number of amides is 1. The largest absolute Gasteiger partial charge is 0.328 e. The van der Waals surface area contributed by atoms with Crippen LogP contribution in [0.15, 0.2) is 82.8 Å². The van der Waals surface area contributed by atoms with E-state index in [2.05, 4.69) is 9.71 Å². The maximum Gasteiger partial charge on any atom is 0.278 e. The van der Waals surface area contributed by atoms with Gasteiger partial charge >= 0.3 is 0 Å². The van der Waals surface area contributed by atoms with Gasteiger partial charge in [0.1, 0.15) is 5.49 Å². The van der Waals surface area contributed by atoms with E-state index in [1.165, 1.54) is 29.8 Å². The second kappa shape index (κ2) is 8.99. The van der Waals surface area contributed by atoms with Gasteiger partial charge < -0.3 is 4.57 Å². The number of pyridine rings is 1. The lowest BCUT2D eigenvalue weighted by Crippen LogP contribution is -2.40. The standard InChI is InChI=1S/C24H27N3O3S/c1-18-8-10-19(11-9-18)17-27-16-6-5-7-22(27)25-23(28)20-12-14-21(15-13-20)31(29,30)26-24(2,3)4/h5-16,26H,17H2,1-4H3. The van der Waals surface area contributed by atoms with Gasteiger partial charge in [-0.3, -0.25) is 4.79 Å². The van der Waals surface area contributed by atoms with E-state index in [1.54, 1.807) is 26.8 Å². The minimum atomic E-state index is -3.66. The Balaban J connectivity index is 1.85. The van der Waals surface area contributed by atoms with Crippen LogP contribution in [0.3, 0.4) is 0 Å². The molecule has 1 heterocycles. The van der Waals surface area contributed by atoms with Gasteiger partial charge in [0.05, 0.1) is 4.90 Å². The van der Waals surface area contributed by atoms with Crippen LogP contribution in [0, 0.1) is 6.92 Å². The van der Waals surface area contributed by atoms with Crippen molar-refractivity contribution in [3.8, 4) is 0 Å². The summed E-state index contributed by atoms with van der Waals surface area (Å²) < 4.78 is 29.4. The van der Waals surface area contributed by atoms with Gasteiger partial charge in [-0.15, -0.1) is 0 Å². The van der Waals surface area contributed by atoms with Gasteiger partial charge in [-0.2, -0.15) is 4.99 Å². The van der Waals surface area contributed by atoms with E-state index >= 15 is 0 Å². The molecule has 0 radical (unpaired) electrons. The monoisotopic (exact) mass is 437 g/mol. The van der Waals surface area contributed by atoms with Crippen LogP contribution in [0.1, 0.15) is 42.3 Å². The number of sulfonamides is 1. The number of nitrogens with zero attached hydrogens (tertiary/aromatic N) is 2. The zero-order chi connectivity index (χ0) is 22.6. The van der Waals surface area contributed by atoms with E-state index in [-0.39, 0.29) is 4.90 Å². The third kappa shape index (κ3) is 6.23. The van der Waals surface area contributed by atoms with Crippen LogP contribution in [0.2, 0.25) is 0 Å². The summed E-state index contributed by atoms with van der Waals surface area (Å²) >= 11 is 0. The number of benzene rings is 2. The average Bonchev–Trinajstić information content (AvgIpc) is 2.69. The van der Waals surface area contributed by atoms with Crippen LogP contribution in [-0.2, 0) is 16.6 Å². The molecule has 162 valence electrons. The fraction of sp³-hybridized carbons (Fsp3) is 0.250. The molecule has 1 amide bonds. The number of rotatable bonds is 5. The molecule has 7 heteroatoms. The highest BCUT2D eigenvalue weighted by molar-refractivity contribution is 7.89. The van der Waals surface area contributed by atoms with Crippen molar-refractivity contribution in [1.82, 2.24) is 9.29 Å². The van der Waals surface area contributed by atoms with Crippen LogP contribution in [0.25, 0.3) is 0 Å². The molecule has 6 nitrogen and oxygen atoms in total. The van der Waals surface area contributed by atoms with Crippen molar-refractivity contribution in [2.75, 3.05) is 0 Å². The summed E-state index contributed by atoms with van der Waals surface area (Å²) in [4.78, 5) is 17.1. The van der Waals surface area contributed by atoms with E-state index in [4.69, 9.17) is 0 Å². The molecule has 1 aromatic heterocycles. The van der Waals surface area contributed by atoms with Crippen LogP contribution in [0.5, 0.6) is 0 Å². The average molecular weight is 438 g/mol. The third-order valence-corrected chi connectivity index (χ3v) is 6.23. The first kappa shape index (κ1) is 22.7. The summed E-state index contributed by atoms with van der Waals surface area (Å²) in [6.07, 6.45) is 1.87. The summed E-state index contributed by atoms with van der Waals surface area (Å²) in [6.45, 7) is 7.94. The summed E-state index contributed by atoms with van der Waals surface area (Å²) in [5.74, 6) is -0.434. The van der Waals surface area contributed by atoms with Crippen molar-refractivity contribution in [2.24, 2.45) is 4.99 Å².